The molecule has 2 aliphatic heterocycles. The average Bonchev–Trinajstić information content (AvgIpc) is 2.92. The van der Waals surface area contributed by atoms with Crippen molar-refractivity contribution in [2.24, 2.45) is 16.7 Å². The van der Waals surface area contributed by atoms with E-state index in [4.69, 9.17) is 0 Å². The minimum Gasteiger partial charge on any atom is -0.317 e. The SMILES string of the molecule is C=CCC1CCNCC1.CCC(C)(C)C.Cc1ccc(C(c2ccccc2)N2CCN(C)C(C(C)(C)C)C2)cc1. The van der Waals surface area contributed by atoms with Crippen LogP contribution < -0.4 is 5.32 Å². The molecule has 2 aliphatic rings. The van der Waals surface area contributed by atoms with Gasteiger partial charge in [0.05, 0.1) is 6.04 Å². The van der Waals surface area contributed by atoms with Gasteiger partial charge in [-0.1, -0.05) is 121 Å². The van der Waals surface area contributed by atoms with E-state index in [0.717, 1.165) is 25.6 Å². The van der Waals surface area contributed by atoms with Crippen LogP contribution in [0.5, 0.6) is 0 Å². The molecule has 1 N–H and O–H groups in total. The third kappa shape index (κ3) is 11.9. The minimum atomic E-state index is 0.280. The summed E-state index contributed by atoms with van der Waals surface area (Å²) in [7, 11) is 2.27. The molecule has 0 spiro atoms. The van der Waals surface area contributed by atoms with E-state index in [1.54, 1.807) is 0 Å². The number of allylic oxidation sites excluding steroid dienone is 1. The molecular formula is C37H61N3. The zero-order valence-electron chi connectivity index (χ0n) is 27.5. The number of likely N-dealkylation sites (N-methyl/N-ethyl adjacent to an activating group) is 1. The van der Waals surface area contributed by atoms with Crippen LogP contribution in [0.4, 0.5) is 0 Å². The first-order chi connectivity index (χ1) is 18.9. The molecule has 0 aliphatic carbocycles. The summed E-state index contributed by atoms with van der Waals surface area (Å²) in [5, 5.41) is 3.34. The molecule has 4 rings (SSSR count). The predicted octanol–water partition coefficient (Wildman–Crippen LogP) is 8.75. The van der Waals surface area contributed by atoms with Gasteiger partial charge in [0.25, 0.3) is 0 Å². The lowest BCUT2D eigenvalue weighted by Crippen LogP contribution is -2.57. The van der Waals surface area contributed by atoms with E-state index < -0.39 is 0 Å². The van der Waals surface area contributed by atoms with Crippen LogP contribution in [0, 0.1) is 23.7 Å². The lowest BCUT2D eigenvalue weighted by atomic mass is 9.83. The highest BCUT2D eigenvalue weighted by atomic mass is 15.3. The summed E-state index contributed by atoms with van der Waals surface area (Å²) in [4.78, 5) is 5.21. The van der Waals surface area contributed by atoms with Gasteiger partial charge < -0.3 is 10.2 Å². The second kappa shape index (κ2) is 16.5. The number of rotatable bonds is 5. The van der Waals surface area contributed by atoms with Gasteiger partial charge >= 0.3 is 0 Å². The molecule has 2 heterocycles. The van der Waals surface area contributed by atoms with Crippen LogP contribution >= 0.6 is 0 Å². The van der Waals surface area contributed by atoms with E-state index in [1.165, 1.54) is 55.5 Å². The second-order valence-electron chi connectivity index (χ2n) is 14.2. The van der Waals surface area contributed by atoms with E-state index in [0.29, 0.717) is 17.5 Å². The molecular weight excluding hydrogens is 486 g/mol. The topological polar surface area (TPSA) is 18.5 Å². The van der Waals surface area contributed by atoms with Crippen LogP contribution in [0.1, 0.15) is 96.9 Å². The molecule has 2 atom stereocenters. The fourth-order valence-corrected chi connectivity index (χ4v) is 5.42. The highest BCUT2D eigenvalue weighted by Gasteiger charge is 2.36. The van der Waals surface area contributed by atoms with Crippen LogP contribution in [-0.2, 0) is 0 Å². The van der Waals surface area contributed by atoms with Gasteiger partial charge in [-0.05, 0) is 74.2 Å². The van der Waals surface area contributed by atoms with Crippen LogP contribution in [0.25, 0.3) is 0 Å². The molecule has 224 valence electrons. The quantitative estimate of drug-likeness (QED) is 0.378. The van der Waals surface area contributed by atoms with Crippen molar-refractivity contribution in [1.29, 1.82) is 0 Å². The number of piperidine rings is 1. The van der Waals surface area contributed by atoms with Gasteiger partial charge in [0.2, 0.25) is 0 Å². The fraction of sp³-hybridized carbons (Fsp3) is 0.622. The smallest absolute Gasteiger partial charge is 0.0602 e. The Balaban J connectivity index is 0.000000306. The number of hydrogen-bond acceptors (Lipinski definition) is 3. The van der Waals surface area contributed by atoms with E-state index >= 15 is 0 Å². The zero-order chi connectivity index (χ0) is 29.8. The summed E-state index contributed by atoms with van der Waals surface area (Å²) >= 11 is 0. The molecule has 3 nitrogen and oxygen atoms in total. The molecule has 2 aromatic rings. The van der Waals surface area contributed by atoms with Crippen molar-refractivity contribution < 1.29 is 0 Å². The largest absolute Gasteiger partial charge is 0.317 e. The van der Waals surface area contributed by atoms with E-state index in [9.17, 15) is 0 Å². The summed E-state index contributed by atoms with van der Waals surface area (Å²) in [6, 6.07) is 21.0. The Morgan fingerprint density at radius 1 is 0.900 bits per heavy atom. The second-order valence-corrected chi connectivity index (χ2v) is 14.2. The molecule has 2 fully saturated rings. The Labute approximate surface area is 248 Å². The Hall–Kier alpha value is -1.94. The van der Waals surface area contributed by atoms with Gasteiger partial charge in [-0.25, -0.2) is 0 Å². The lowest BCUT2D eigenvalue weighted by molar-refractivity contribution is 0.0205. The van der Waals surface area contributed by atoms with Crippen LogP contribution in [-0.4, -0.2) is 55.6 Å². The standard InChI is InChI=1S/C23H32N2.C8H15N.C6H14/c1-18-11-13-20(14-12-18)22(19-9-7-6-8-10-19)25-16-15-24(5)21(17-25)23(2,3)4;1-2-3-8-4-6-9-7-5-8;1-5-6(2,3)4/h6-14,21-22H,15-17H2,1-5H3;2,8-9H,1,3-7H2;5H2,1-4H3. The monoisotopic (exact) mass is 547 g/mol. The van der Waals surface area contributed by atoms with Crippen molar-refractivity contribution in [3.05, 3.63) is 83.9 Å². The molecule has 0 amide bonds. The Bertz CT molecular complexity index is 946. The maximum absolute atomic E-state index is 3.73. The van der Waals surface area contributed by atoms with Gasteiger partial charge in [-0.3, -0.25) is 4.90 Å². The molecule has 0 bridgehead atoms. The predicted molar refractivity (Wildman–Crippen MR) is 177 cm³/mol. The number of piperazine rings is 1. The number of nitrogens with zero attached hydrogens (tertiary/aromatic N) is 2. The van der Waals surface area contributed by atoms with Crippen molar-refractivity contribution in [1.82, 2.24) is 15.1 Å². The van der Waals surface area contributed by atoms with Crippen molar-refractivity contribution in [2.45, 2.75) is 93.2 Å². The third-order valence-corrected chi connectivity index (χ3v) is 8.57. The summed E-state index contributed by atoms with van der Waals surface area (Å²) in [6.45, 7) is 27.7. The Morgan fingerprint density at radius 2 is 1.45 bits per heavy atom. The molecule has 2 saturated heterocycles. The van der Waals surface area contributed by atoms with Gasteiger partial charge in [0, 0.05) is 25.7 Å². The van der Waals surface area contributed by atoms with Gasteiger partial charge in [0.1, 0.15) is 0 Å². The van der Waals surface area contributed by atoms with Crippen molar-refractivity contribution in [3.8, 4) is 0 Å². The molecule has 2 unspecified atom stereocenters. The lowest BCUT2D eigenvalue weighted by Gasteiger charge is -2.48. The van der Waals surface area contributed by atoms with Crippen molar-refractivity contribution in [3.63, 3.8) is 0 Å². The summed E-state index contributed by atoms with van der Waals surface area (Å²) < 4.78 is 0. The molecule has 0 saturated carbocycles. The van der Waals surface area contributed by atoms with Gasteiger partial charge in [-0.2, -0.15) is 0 Å². The molecule has 0 radical (unpaired) electrons. The van der Waals surface area contributed by atoms with Crippen molar-refractivity contribution in [2.75, 3.05) is 39.8 Å². The maximum Gasteiger partial charge on any atom is 0.0602 e. The van der Waals surface area contributed by atoms with Crippen LogP contribution in [0.3, 0.4) is 0 Å². The molecule has 2 aromatic carbocycles. The number of aryl methyl sites for hydroxylation is 1. The van der Waals surface area contributed by atoms with Gasteiger partial charge in [0.15, 0.2) is 0 Å². The number of nitrogens with one attached hydrogen (secondary N) is 1. The highest BCUT2D eigenvalue weighted by Crippen LogP contribution is 2.34. The minimum absolute atomic E-state index is 0.280. The van der Waals surface area contributed by atoms with E-state index in [-0.39, 0.29) is 5.41 Å². The average molecular weight is 548 g/mol. The number of benzene rings is 2. The Kier molecular flexibility index (Phi) is 14.1. The normalized spacial score (nSPS) is 20.0. The molecule has 3 heteroatoms. The first-order valence-corrected chi connectivity index (χ1v) is 15.7. The zero-order valence-corrected chi connectivity index (χ0v) is 27.5. The number of hydrogen-bond donors (Lipinski definition) is 1. The first-order valence-electron chi connectivity index (χ1n) is 15.7. The summed E-state index contributed by atoms with van der Waals surface area (Å²) in [6.07, 6.45) is 7.20. The first kappa shape index (κ1) is 34.3. The van der Waals surface area contributed by atoms with Gasteiger partial charge in [-0.15, -0.1) is 6.58 Å². The van der Waals surface area contributed by atoms with Crippen LogP contribution in [0.2, 0.25) is 0 Å². The Morgan fingerprint density at radius 3 is 1.95 bits per heavy atom. The summed E-state index contributed by atoms with van der Waals surface area (Å²) in [5.74, 6) is 0.920. The maximum atomic E-state index is 3.73. The molecule has 40 heavy (non-hydrogen) atoms. The fourth-order valence-electron chi connectivity index (χ4n) is 5.42. The highest BCUT2D eigenvalue weighted by molar-refractivity contribution is 5.33. The van der Waals surface area contributed by atoms with Crippen LogP contribution in [0.15, 0.2) is 67.3 Å². The van der Waals surface area contributed by atoms with E-state index in [2.05, 4.69) is 139 Å². The van der Waals surface area contributed by atoms with Crippen molar-refractivity contribution >= 4 is 0 Å². The molecule has 0 aromatic heterocycles. The summed E-state index contributed by atoms with van der Waals surface area (Å²) in [5.41, 5.74) is 4.93. The third-order valence-electron chi connectivity index (χ3n) is 8.57. The van der Waals surface area contributed by atoms with E-state index in [1.807, 2.05) is 6.08 Å².